The highest BCUT2D eigenvalue weighted by Gasteiger charge is 2.36. The van der Waals surface area contributed by atoms with Crippen LogP contribution in [0.4, 0.5) is 5.69 Å². The van der Waals surface area contributed by atoms with E-state index in [1.165, 1.54) is 4.90 Å². The van der Waals surface area contributed by atoms with Crippen molar-refractivity contribution in [2.75, 3.05) is 20.0 Å². The van der Waals surface area contributed by atoms with Crippen LogP contribution >= 0.6 is 11.5 Å². The minimum absolute atomic E-state index is 0.0164. The zero-order valence-electron chi connectivity index (χ0n) is 22.1. The molecule has 1 heterocycles. The van der Waals surface area contributed by atoms with Crippen LogP contribution in [0.25, 0.3) is 0 Å². The molecule has 0 radical (unpaired) electrons. The van der Waals surface area contributed by atoms with Crippen LogP contribution in [-0.4, -0.2) is 46.8 Å². The molecule has 10 nitrogen and oxygen atoms in total. The van der Waals surface area contributed by atoms with E-state index in [-0.39, 0.29) is 28.7 Å². The van der Waals surface area contributed by atoms with E-state index in [9.17, 15) is 14.4 Å². The minimum Gasteiger partial charge on any atom is -0.497 e. The van der Waals surface area contributed by atoms with Crippen molar-refractivity contribution in [2.45, 2.75) is 45.3 Å². The number of nitrogens with two attached hydrogens (primary N) is 2. The summed E-state index contributed by atoms with van der Waals surface area (Å²) in [5.41, 5.74) is 11.9. The normalized spacial score (nSPS) is 11.9. The Kier molecular flexibility index (Phi) is 8.95. The van der Waals surface area contributed by atoms with Gasteiger partial charge in [0.15, 0.2) is 5.69 Å². The van der Waals surface area contributed by atoms with E-state index in [1.54, 1.807) is 56.7 Å². The molecule has 3 amide bonds. The summed E-state index contributed by atoms with van der Waals surface area (Å²) in [6, 6.07) is 13.1. The Bertz CT molecular complexity index is 1310. The number of benzene rings is 2. The summed E-state index contributed by atoms with van der Waals surface area (Å²) in [7, 11) is 3.09. The summed E-state index contributed by atoms with van der Waals surface area (Å²) in [5, 5.41) is 3.06. The maximum absolute atomic E-state index is 14.1. The molecule has 0 fully saturated rings. The minimum atomic E-state index is -1.05. The van der Waals surface area contributed by atoms with Gasteiger partial charge in [0.1, 0.15) is 22.4 Å². The highest BCUT2D eigenvalue weighted by molar-refractivity contribution is 7.09. The maximum atomic E-state index is 14.1. The van der Waals surface area contributed by atoms with Crippen molar-refractivity contribution in [1.29, 1.82) is 0 Å². The van der Waals surface area contributed by atoms with Gasteiger partial charge in [0.2, 0.25) is 5.91 Å². The predicted molar refractivity (Wildman–Crippen MR) is 146 cm³/mol. The molecule has 0 bridgehead atoms. The van der Waals surface area contributed by atoms with Crippen molar-refractivity contribution in [3.05, 3.63) is 70.2 Å². The molecule has 0 saturated heterocycles. The molecule has 3 rings (SSSR count). The van der Waals surface area contributed by atoms with E-state index in [0.717, 1.165) is 17.1 Å². The van der Waals surface area contributed by atoms with Crippen molar-refractivity contribution in [2.24, 2.45) is 5.73 Å². The quantitative estimate of drug-likeness (QED) is 0.337. The summed E-state index contributed by atoms with van der Waals surface area (Å²) in [6.07, 6.45) is 0.668. The van der Waals surface area contributed by atoms with E-state index in [0.29, 0.717) is 23.5 Å². The Morgan fingerprint density at radius 1 is 1.08 bits per heavy atom. The zero-order chi connectivity index (χ0) is 28.0. The average molecular weight is 540 g/mol. The lowest BCUT2D eigenvalue weighted by atomic mass is 9.98. The van der Waals surface area contributed by atoms with Crippen LogP contribution in [0.15, 0.2) is 48.5 Å². The van der Waals surface area contributed by atoms with E-state index in [4.69, 9.17) is 20.9 Å². The molecule has 3 aromatic rings. The average Bonchev–Trinajstić information content (AvgIpc) is 3.29. The molecular weight excluding hydrogens is 506 g/mol. The van der Waals surface area contributed by atoms with Gasteiger partial charge in [0.25, 0.3) is 11.8 Å². The van der Waals surface area contributed by atoms with Crippen LogP contribution in [0.5, 0.6) is 11.5 Å². The van der Waals surface area contributed by atoms with Gasteiger partial charge in [-0.2, -0.15) is 4.37 Å². The molecule has 0 saturated carbocycles. The van der Waals surface area contributed by atoms with Gasteiger partial charge in [0, 0.05) is 12.1 Å². The third-order valence-corrected chi connectivity index (χ3v) is 7.09. The molecule has 0 unspecified atom stereocenters. The van der Waals surface area contributed by atoms with Gasteiger partial charge in [0.05, 0.1) is 19.9 Å². The van der Waals surface area contributed by atoms with Gasteiger partial charge in [-0.05, 0) is 67.2 Å². The van der Waals surface area contributed by atoms with Gasteiger partial charge in [-0.3, -0.25) is 14.4 Å². The highest BCUT2D eigenvalue weighted by Crippen LogP contribution is 2.32. The summed E-state index contributed by atoms with van der Waals surface area (Å²) < 4.78 is 14.6. The maximum Gasteiger partial charge on any atom is 0.270 e. The Hall–Kier alpha value is -4.12. The first-order chi connectivity index (χ1) is 18.0. The van der Waals surface area contributed by atoms with Crippen LogP contribution in [0.3, 0.4) is 0 Å². The lowest BCUT2D eigenvalue weighted by Gasteiger charge is -2.34. The smallest absolute Gasteiger partial charge is 0.270 e. The monoisotopic (exact) mass is 539 g/mol. The third-order valence-electron chi connectivity index (χ3n) is 6.24. The van der Waals surface area contributed by atoms with Crippen molar-refractivity contribution in [3.63, 3.8) is 0 Å². The second-order valence-corrected chi connectivity index (χ2v) is 10.1. The number of nitrogens with one attached hydrogen (secondary N) is 1. The lowest BCUT2D eigenvalue weighted by Crippen LogP contribution is -2.50. The van der Waals surface area contributed by atoms with Crippen molar-refractivity contribution in [3.8, 4) is 11.5 Å². The number of hydrogen-bond donors (Lipinski definition) is 3. The van der Waals surface area contributed by atoms with E-state index < -0.39 is 23.4 Å². The molecular formula is C27H33N5O5S. The molecule has 38 heavy (non-hydrogen) atoms. The van der Waals surface area contributed by atoms with Crippen molar-refractivity contribution >= 4 is 34.9 Å². The standard InChI is InChI=1S/C27H33N5O5S/c1-6-27(2,3)30-25(34)22(17-10-12-18(36-4)13-11-17)32(15-16-8-7-9-19(14-16)37-5)26(35)23-20(28)21(24(29)33)31-38-23/h7-14,22H,6,15,28H2,1-5H3,(H2,29,33)(H,30,34)/t22-/m1/s1. The van der Waals surface area contributed by atoms with E-state index in [1.807, 2.05) is 26.8 Å². The highest BCUT2D eigenvalue weighted by atomic mass is 32.1. The van der Waals surface area contributed by atoms with Crippen LogP contribution in [0, 0.1) is 0 Å². The molecule has 0 spiro atoms. The number of nitrogens with zero attached hydrogens (tertiary/aromatic N) is 2. The molecule has 0 aliphatic rings. The van der Waals surface area contributed by atoms with E-state index in [2.05, 4.69) is 9.69 Å². The topological polar surface area (TPSA) is 150 Å². The fourth-order valence-electron chi connectivity index (χ4n) is 3.76. The number of methoxy groups -OCH3 is 2. The Morgan fingerprint density at radius 2 is 1.74 bits per heavy atom. The van der Waals surface area contributed by atoms with Crippen molar-refractivity contribution < 1.29 is 23.9 Å². The summed E-state index contributed by atoms with van der Waals surface area (Å²) in [5.74, 6) is -0.589. The fourth-order valence-corrected chi connectivity index (χ4v) is 4.52. The largest absolute Gasteiger partial charge is 0.497 e. The van der Waals surface area contributed by atoms with Gasteiger partial charge in [-0.15, -0.1) is 0 Å². The summed E-state index contributed by atoms with van der Waals surface area (Å²) >= 11 is 0.764. The first-order valence-corrected chi connectivity index (χ1v) is 12.7. The second kappa shape index (κ2) is 12.0. The summed E-state index contributed by atoms with van der Waals surface area (Å²) in [4.78, 5) is 41.1. The summed E-state index contributed by atoms with van der Waals surface area (Å²) in [6.45, 7) is 5.82. The second-order valence-electron chi connectivity index (χ2n) is 9.33. The Balaban J connectivity index is 2.18. The molecule has 5 N–H and O–H groups in total. The molecule has 2 aromatic carbocycles. The van der Waals surface area contributed by atoms with Gasteiger partial charge in [-0.25, -0.2) is 0 Å². The number of carbonyl (C=O) groups is 3. The van der Waals surface area contributed by atoms with Crippen LogP contribution in [-0.2, 0) is 11.3 Å². The number of rotatable bonds is 11. The molecule has 0 aliphatic carbocycles. The van der Waals surface area contributed by atoms with Crippen LogP contribution < -0.4 is 26.3 Å². The first kappa shape index (κ1) is 28.5. The van der Waals surface area contributed by atoms with Gasteiger partial charge in [-0.1, -0.05) is 31.2 Å². The molecule has 202 valence electrons. The number of hydrogen-bond acceptors (Lipinski definition) is 8. The number of anilines is 1. The number of nitrogen functional groups attached to an aromatic ring is 1. The van der Waals surface area contributed by atoms with Crippen molar-refractivity contribution in [1.82, 2.24) is 14.6 Å². The Morgan fingerprint density at radius 3 is 2.29 bits per heavy atom. The number of amides is 3. The SMILES string of the molecule is CCC(C)(C)NC(=O)[C@@H](c1ccc(OC)cc1)N(Cc1cccc(OC)c1)C(=O)c1snc(C(N)=O)c1N. The van der Waals surface area contributed by atoms with Crippen LogP contribution in [0.1, 0.15) is 64.5 Å². The van der Waals surface area contributed by atoms with Gasteiger partial charge >= 0.3 is 0 Å². The Labute approximate surface area is 226 Å². The van der Waals surface area contributed by atoms with E-state index >= 15 is 0 Å². The number of aromatic nitrogens is 1. The predicted octanol–water partition coefficient (Wildman–Crippen LogP) is 3.53. The molecule has 11 heteroatoms. The van der Waals surface area contributed by atoms with Gasteiger partial charge < -0.3 is 31.2 Å². The zero-order valence-corrected chi connectivity index (χ0v) is 22.9. The fraction of sp³-hybridized carbons (Fsp3) is 0.333. The molecule has 1 aromatic heterocycles. The first-order valence-electron chi connectivity index (χ1n) is 12.0. The van der Waals surface area contributed by atoms with Crippen LogP contribution in [0.2, 0.25) is 0 Å². The lowest BCUT2D eigenvalue weighted by molar-refractivity contribution is -0.127. The molecule has 0 aliphatic heterocycles. The number of primary amides is 1. The number of ether oxygens (including phenoxy) is 2. The third kappa shape index (κ3) is 6.41. The molecule has 1 atom stereocenters. The number of carbonyl (C=O) groups excluding carboxylic acids is 3.